The zero-order chi connectivity index (χ0) is 20.6. The molecule has 1 aromatic heterocycles. The van der Waals surface area contributed by atoms with Crippen LogP contribution in [0.1, 0.15) is 32.6 Å². The van der Waals surface area contributed by atoms with Gasteiger partial charge >= 0.3 is 12.0 Å². The number of nitrogens with zero attached hydrogens (tertiary/aromatic N) is 4. The van der Waals surface area contributed by atoms with E-state index in [-0.39, 0.29) is 5.92 Å². The van der Waals surface area contributed by atoms with E-state index in [4.69, 9.17) is 4.74 Å². The molecule has 0 unspecified atom stereocenters. The molecule has 1 aliphatic carbocycles. The first-order valence-electron chi connectivity index (χ1n) is 9.54. The van der Waals surface area contributed by atoms with Crippen LogP contribution in [0.3, 0.4) is 0 Å². The van der Waals surface area contributed by atoms with Gasteiger partial charge in [0.2, 0.25) is 0 Å². The van der Waals surface area contributed by atoms with Crippen LogP contribution in [0.5, 0.6) is 0 Å². The third kappa shape index (κ3) is 3.24. The minimum absolute atomic E-state index is 0.000159. The molecular weight excluding hydrogens is 378 g/mol. The first kappa shape index (κ1) is 19.0. The van der Waals surface area contributed by atoms with Gasteiger partial charge in [0.15, 0.2) is 6.73 Å². The number of carbonyl (C=O) groups excluding carboxylic acids is 3. The van der Waals surface area contributed by atoms with Gasteiger partial charge in [0, 0.05) is 0 Å². The van der Waals surface area contributed by atoms with E-state index >= 15 is 0 Å². The van der Waals surface area contributed by atoms with Gasteiger partial charge in [-0.2, -0.15) is 4.68 Å². The summed E-state index contributed by atoms with van der Waals surface area (Å²) in [6.07, 6.45) is 3.26. The number of ether oxygens (including phenoxy) is 1. The van der Waals surface area contributed by atoms with Gasteiger partial charge in [0.05, 0.1) is 5.39 Å². The second-order valence-corrected chi connectivity index (χ2v) is 7.50. The van der Waals surface area contributed by atoms with Crippen molar-refractivity contribution in [2.75, 3.05) is 6.54 Å². The summed E-state index contributed by atoms with van der Waals surface area (Å²) in [7, 11) is 0. The average molecular weight is 399 g/mol. The lowest BCUT2D eigenvalue weighted by Crippen LogP contribution is -2.54. The molecule has 29 heavy (non-hydrogen) atoms. The Morgan fingerprint density at radius 1 is 1.28 bits per heavy atom. The minimum Gasteiger partial charge on any atom is -0.441 e. The lowest BCUT2D eigenvalue weighted by atomic mass is 9.73. The van der Waals surface area contributed by atoms with Crippen LogP contribution in [-0.4, -0.2) is 49.9 Å². The third-order valence-corrected chi connectivity index (χ3v) is 5.77. The Bertz CT molecular complexity index is 1050. The number of benzene rings is 1. The number of hydrogen-bond donors (Lipinski definition) is 1. The number of fused-ring (bicyclic) bond motifs is 1. The van der Waals surface area contributed by atoms with Crippen LogP contribution >= 0.6 is 0 Å². The van der Waals surface area contributed by atoms with E-state index in [0.29, 0.717) is 17.3 Å². The molecule has 3 amide bonds. The van der Waals surface area contributed by atoms with Gasteiger partial charge in [0.25, 0.3) is 11.5 Å². The Hall–Kier alpha value is -3.30. The largest absolute Gasteiger partial charge is 0.441 e. The summed E-state index contributed by atoms with van der Waals surface area (Å²) in [4.78, 5) is 50.7. The van der Waals surface area contributed by atoms with Crippen molar-refractivity contribution in [1.82, 2.24) is 25.2 Å². The molecule has 1 spiro atoms. The number of hydrogen-bond acceptors (Lipinski definition) is 7. The number of imide groups is 1. The number of carbonyl (C=O) groups is 3. The van der Waals surface area contributed by atoms with E-state index < -0.39 is 42.3 Å². The molecule has 4 rings (SSSR count). The average Bonchev–Trinajstić information content (AvgIpc) is 2.95. The molecule has 2 atom stereocenters. The fourth-order valence-electron chi connectivity index (χ4n) is 4.05. The molecule has 0 radical (unpaired) electrons. The molecule has 152 valence electrons. The molecule has 2 aromatic rings. The lowest BCUT2D eigenvalue weighted by molar-refractivity contribution is -0.152. The second kappa shape index (κ2) is 7.26. The third-order valence-electron chi connectivity index (χ3n) is 5.77. The van der Waals surface area contributed by atoms with Gasteiger partial charge in [-0.3, -0.25) is 19.3 Å². The highest BCUT2D eigenvalue weighted by atomic mass is 16.5. The highest BCUT2D eigenvalue weighted by molar-refractivity contribution is 6.08. The zero-order valence-corrected chi connectivity index (χ0v) is 16.0. The number of rotatable bonds is 4. The van der Waals surface area contributed by atoms with E-state index in [9.17, 15) is 19.2 Å². The molecule has 1 N–H and O–H groups in total. The van der Waals surface area contributed by atoms with Gasteiger partial charge in [-0.05, 0) is 30.9 Å². The van der Waals surface area contributed by atoms with Gasteiger partial charge in [-0.25, -0.2) is 4.79 Å². The van der Waals surface area contributed by atoms with E-state index in [1.807, 2.05) is 6.92 Å². The summed E-state index contributed by atoms with van der Waals surface area (Å²) in [6, 6.07) is 6.09. The SMILES string of the molecule is C[C@H]1CCCC[C@@]12NC(=O)N(CC(=O)OCn1nnc3ccccc3c1=O)C2=O. The summed E-state index contributed by atoms with van der Waals surface area (Å²) in [5.74, 6) is -1.20. The van der Waals surface area contributed by atoms with Crippen molar-refractivity contribution in [3.8, 4) is 0 Å². The van der Waals surface area contributed by atoms with E-state index in [2.05, 4.69) is 15.6 Å². The first-order valence-corrected chi connectivity index (χ1v) is 9.54. The maximum Gasteiger partial charge on any atom is 0.328 e. The fourth-order valence-corrected chi connectivity index (χ4v) is 4.05. The van der Waals surface area contributed by atoms with Crippen molar-refractivity contribution in [2.24, 2.45) is 5.92 Å². The van der Waals surface area contributed by atoms with Crippen LogP contribution in [0.2, 0.25) is 0 Å². The summed E-state index contributed by atoms with van der Waals surface area (Å²) in [6.45, 7) is 0.958. The van der Waals surface area contributed by atoms with Crippen LogP contribution in [0.25, 0.3) is 10.9 Å². The van der Waals surface area contributed by atoms with Crippen LogP contribution in [0.4, 0.5) is 4.79 Å². The standard InChI is InChI=1S/C19H21N5O5/c1-12-6-4-5-9-19(12)17(27)23(18(28)20-19)10-15(25)29-11-24-16(26)13-7-2-3-8-14(13)21-22-24/h2-3,7-8,12H,4-6,9-11H2,1H3,(H,20,28)/t12-,19+/m0/s1. The van der Waals surface area contributed by atoms with E-state index in [1.165, 1.54) is 0 Å². The molecule has 2 heterocycles. The summed E-state index contributed by atoms with van der Waals surface area (Å²) < 4.78 is 5.98. The predicted octanol–water partition coefficient (Wildman–Crippen LogP) is 0.793. The molecule has 1 aromatic carbocycles. The molecule has 1 saturated carbocycles. The van der Waals surface area contributed by atoms with Crippen molar-refractivity contribution in [2.45, 2.75) is 44.9 Å². The van der Waals surface area contributed by atoms with E-state index in [1.54, 1.807) is 24.3 Å². The highest BCUT2D eigenvalue weighted by Gasteiger charge is 2.55. The Morgan fingerprint density at radius 3 is 2.86 bits per heavy atom. The summed E-state index contributed by atoms with van der Waals surface area (Å²) in [5, 5.41) is 10.8. The Kier molecular flexibility index (Phi) is 4.77. The predicted molar refractivity (Wildman–Crippen MR) is 100 cm³/mol. The highest BCUT2D eigenvalue weighted by Crippen LogP contribution is 2.38. The lowest BCUT2D eigenvalue weighted by Gasteiger charge is -2.36. The quantitative estimate of drug-likeness (QED) is 0.595. The Labute approximate surface area is 165 Å². The topological polar surface area (TPSA) is 123 Å². The first-order chi connectivity index (χ1) is 13.9. The smallest absolute Gasteiger partial charge is 0.328 e. The molecule has 0 bridgehead atoms. The molecule has 2 aliphatic rings. The summed E-state index contributed by atoms with van der Waals surface area (Å²) >= 11 is 0. The molecule has 1 saturated heterocycles. The Balaban J connectivity index is 1.43. The minimum atomic E-state index is -0.934. The van der Waals surface area contributed by atoms with Crippen LogP contribution in [0.15, 0.2) is 29.1 Å². The van der Waals surface area contributed by atoms with Crippen molar-refractivity contribution < 1.29 is 19.1 Å². The van der Waals surface area contributed by atoms with Gasteiger partial charge in [-0.1, -0.05) is 37.1 Å². The monoisotopic (exact) mass is 399 g/mol. The van der Waals surface area contributed by atoms with Crippen LogP contribution in [-0.2, 0) is 21.1 Å². The number of amides is 3. The summed E-state index contributed by atoms with van der Waals surface area (Å²) in [5.41, 5.74) is -0.948. The number of urea groups is 1. The zero-order valence-electron chi connectivity index (χ0n) is 16.0. The molecular formula is C19H21N5O5. The maximum absolute atomic E-state index is 12.9. The molecule has 10 heteroatoms. The number of aromatic nitrogens is 3. The van der Waals surface area contributed by atoms with Crippen molar-refractivity contribution in [3.05, 3.63) is 34.6 Å². The van der Waals surface area contributed by atoms with Gasteiger partial charge in [-0.15, -0.1) is 5.10 Å². The van der Waals surface area contributed by atoms with Crippen molar-refractivity contribution in [3.63, 3.8) is 0 Å². The number of nitrogens with one attached hydrogen (secondary N) is 1. The second-order valence-electron chi connectivity index (χ2n) is 7.50. The fraction of sp³-hybridized carbons (Fsp3) is 0.474. The molecule has 2 fully saturated rings. The maximum atomic E-state index is 12.9. The molecule has 1 aliphatic heterocycles. The van der Waals surface area contributed by atoms with E-state index in [0.717, 1.165) is 28.8 Å². The van der Waals surface area contributed by atoms with Gasteiger partial charge in [0.1, 0.15) is 17.6 Å². The molecule has 10 nitrogen and oxygen atoms in total. The van der Waals surface area contributed by atoms with Gasteiger partial charge < -0.3 is 10.1 Å². The van der Waals surface area contributed by atoms with Crippen molar-refractivity contribution >= 4 is 28.8 Å². The number of esters is 1. The van der Waals surface area contributed by atoms with Crippen LogP contribution < -0.4 is 10.9 Å². The van der Waals surface area contributed by atoms with Crippen LogP contribution in [0, 0.1) is 5.92 Å². The Morgan fingerprint density at radius 2 is 2.07 bits per heavy atom. The normalized spacial score (nSPS) is 24.2. The van der Waals surface area contributed by atoms with Crippen molar-refractivity contribution in [1.29, 1.82) is 0 Å².